The molecular weight excluding hydrogens is 272 g/mol. The normalized spacial score (nSPS) is 16.6. The molecule has 0 radical (unpaired) electrons. The van der Waals surface area contributed by atoms with Crippen LogP contribution in [0.4, 0.5) is 0 Å². The fourth-order valence-corrected chi connectivity index (χ4v) is 3.04. The second kappa shape index (κ2) is 7.71. The van der Waals surface area contributed by atoms with E-state index in [1.54, 1.807) is 11.3 Å². The summed E-state index contributed by atoms with van der Waals surface area (Å²) in [6.45, 7) is 7.46. The third-order valence-corrected chi connectivity index (χ3v) is 4.42. The minimum absolute atomic E-state index is 0.296. The number of carbonyl (C=O) groups is 1. The van der Waals surface area contributed by atoms with E-state index in [1.807, 2.05) is 18.9 Å². The van der Waals surface area contributed by atoms with Crippen LogP contribution < -0.4 is 5.32 Å². The van der Waals surface area contributed by atoms with Gasteiger partial charge in [0.05, 0.1) is 10.7 Å². The van der Waals surface area contributed by atoms with Crippen LogP contribution in [-0.2, 0) is 11.3 Å². The number of aromatic nitrogens is 1. The molecule has 1 aliphatic heterocycles. The predicted octanol–water partition coefficient (Wildman–Crippen LogP) is 1.10. The smallest absolute Gasteiger partial charge is 0.222 e. The van der Waals surface area contributed by atoms with Gasteiger partial charge in [0.1, 0.15) is 0 Å². The third kappa shape index (κ3) is 4.54. The fraction of sp³-hybridized carbons (Fsp3) is 0.714. The monoisotopic (exact) mass is 296 g/mol. The number of nitrogens with one attached hydrogen (secondary N) is 1. The van der Waals surface area contributed by atoms with E-state index < -0.39 is 0 Å². The zero-order valence-electron chi connectivity index (χ0n) is 12.4. The van der Waals surface area contributed by atoms with Gasteiger partial charge in [-0.05, 0) is 26.9 Å². The number of amides is 1. The topological polar surface area (TPSA) is 48.5 Å². The summed E-state index contributed by atoms with van der Waals surface area (Å²) in [5, 5.41) is 6.33. The molecule has 6 heteroatoms. The van der Waals surface area contributed by atoms with Gasteiger partial charge in [-0.15, -0.1) is 11.3 Å². The zero-order chi connectivity index (χ0) is 14.4. The van der Waals surface area contributed by atoms with Crippen LogP contribution in [0.1, 0.15) is 23.5 Å². The summed E-state index contributed by atoms with van der Waals surface area (Å²) in [6, 6.07) is 0. The molecule has 0 saturated carbocycles. The number of hydrogen-bond donors (Lipinski definition) is 1. The Morgan fingerprint density at radius 2 is 2.15 bits per heavy atom. The van der Waals surface area contributed by atoms with Crippen molar-refractivity contribution in [2.24, 2.45) is 0 Å². The van der Waals surface area contributed by atoms with Crippen LogP contribution >= 0.6 is 11.3 Å². The van der Waals surface area contributed by atoms with Crippen molar-refractivity contribution in [1.82, 2.24) is 20.1 Å². The van der Waals surface area contributed by atoms with Crippen molar-refractivity contribution in [1.29, 1.82) is 0 Å². The molecule has 2 rings (SSSR count). The molecule has 5 nitrogen and oxygen atoms in total. The Morgan fingerprint density at radius 1 is 1.40 bits per heavy atom. The molecule has 20 heavy (non-hydrogen) atoms. The molecule has 1 N–H and O–H groups in total. The van der Waals surface area contributed by atoms with Crippen LogP contribution in [0.2, 0.25) is 0 Å². The Morgan fingerprint density at radius 3 is 2.75 bits per heavy atom. The van der Waals surface area contributed by atoms with E-state index in [9.17, 15) is 4.79 Å². The minimum Gasteiger partial charge on any atom is -0.340 e. The summed E-state index contributed by atoms with van der Waals surface area (Å²) in [6.07, 6.45) is 1.58. The van der Waals surface area contributed by atoms with Gasteiger partial charge < -0.3 is 10.2 Å². The van der Waals surface area contributed by atoms with Crippen LogP contribution in [0.5, 0.6) is 0 Å². The molecule has 2 heterocycles. The predicted molar refractivity (Wildman–Crippen MR) is 81.9 cm³/mol. The number of aryl methyl sites for hydroxylation is 1. The molecule has 1 aliphatic rings. The first-order valence-electron chi connectivity index (χ1n) is 7.25. The van der Waals surface area contributed by atoms with E-state index in [-0.39, 0.29) is 0 Å². The molecule has 0 bridgehead atoms. The van der Waals surface area contributed by atoms with Crippen molar-refractivity contribution in [2.45, 2.75) is 26.3 Å². The summed E-state index contributed by atoms with van der Waals surface area (Å²) in [7, 11) is 1.92. The number of piperazine rings is 1. The first-order chi connectivity index (χ1) is 9.69. The van der Waals surface area contributed by atoms with Crippen molar-refractivity contribution in [3.05, 3.63) is 16.1 Å². The van der Waals surface area contributed by atoms with Crippen molar-refractivity contribution in [3.63, 3.8) is 0 Å². The third-order valence-electron chi connectivity index (χ3n) is 3.59. The Balaban J connectivity index is 1.70. The molecule has 1 amide bonds. The highest BCUT2D eigenvalue weighted by Crippen LogP contribution is 2.12. The van der Waals surface area contributed by atoms with Crippen molar-refractivity contribution in [3.8, 4) is 0 Å². The maximum absolute atomic E-state index is 12.0. The first-order valence-corrected chi connectivity index (χ1v) is 8.12. The van der Waals surface area contributed by atoms with Crippen LogP contribution in [0.25, 0.3) is 0 Å². The summed E-state index contributed by atoms with van der Waals surface area (Å²) in [4.78, 5) is 20.9. The van der Waals surface area contributed by atoms with Gasteiger partial charge in [-0.2, -0.15) is 0 Å². The van der Waals surface area contributed by atoms with Gasteiger partial charge in [-0.1, -0.05) is 0 Å². The van der Waals surface area contributed by atoms with Gasteiger partial charge in [-0.25, -0.2) is 4.98 Å². The largest absolute Gasteiger partial charge is 0.340 e. The van der Waals surface area contributed by atoms with Gasteiger partial charge in [0.2, 0.25) is 5.91 Å². The van der Waals surface area contributed by atoms with Gasteiger partial charge in [0.25, 0.3) is 0 Å². The minimum atomic E-state index is 0.296. The highest BCUT2D eigenvalue weighted by atomic mass is 32.1. The second-order valence-electron chi connectivity index (χ2n) is 5.22. The second-order valence-corrected chi connectivity index (χ2v) is 6.28. The number of nitrogens with zero attached hydrogens (tertiary/aromatic N) is 3. The number of rotatable bonds is 6. The molecule has 0 atom stereocenters. The SMILES string of the molecule is CNCCCC(=O)N1CCN(Cc2csc(C)n2)CC1. The Kier molecular flexibility index (Phi) is 5.94. The maximum Gasteiger partial charge on any atom is 0.222 e. The molecule has 1 aromatic rings. The lowest BCUT2D eigenvalue weighted by atomic mass is 10.2. The van der Waals surface area contributed by atoms with Crippen LogP contribution in [0.15, 0.2) is 5.38 Å². The maximum atomic E-state index is 12.0. The molecule has 0 aliphatic carbocycles. The number of hydrogen-bond acceptors (Lipinski definition) is 5. The van der Waals surface area contributed by atoms with Crippen molar-refractivity contribution in [2.75, 3.05) is 39.8 Å². The lowest BCUT2D eigenvalue weighted by Crippen LogP contribution is -2.48. The van der Waals surface area contributed by atoms with Gasteiger partial charge in [0.15, 0.2) is 0 Å². The summed E-state index contributed by atoms with van der Waals surface area (Å²) < 4.78 is 0. The Labute approximate surface area is 125 Å². The molecule has 1 fully saturated rings. The van der Waals surface area contributed by atoms with Crippen molar-refractivity contribution >= 4 is 17.2 Å². The molecule has 1 saturated heterocycles. The van der Waals surface area contributed by atoms with E-state index in [1.165, 1.54) is 0 Å². The highest BCUT2D eigenvalue weighted by molar-refractivity contribution is 7.09. The zero-order valence-corrected chi connectivity index (χ0v) is 13.2. The van der Waals surface area contributed by atoms with Crippen LogP contribution in [0, 0.1) is 6.92 Å². The van der Waals surface area contributed by atoms with E-state index in [2.05, 4.69) is 20.6 Å². The van der Waals surface area contributed by atoms with E-state index in [0.717, 1.165) is 56.4 Å². The van der Waals surface area contributed by atoms with E-state index in [4.69, 9.17) is 0 Å². The quantitative estimate of drug-likeness (QED) is 0.799. The Hall–Kier alpha value is -0.980. The average Bonchev–Trinajstić information content (AvgIpc) is 2.85. The van der Waals surface area contributed by atoms with E-state index in [0.29, 0.717) is 12.3 Å². The molecule has 1 aromatic heterocycles. The molecule has 112 valence electrons. The van der Waals surface area contributed by atoms with Gasteiger partial charge >= 0.3 is 0 Å². The van der Waals surface area contributed by atoms with Crippen LogP contribution in [0.3, 0.4) is 0 Å². The van der Waals surface area contributed by atoms with Gasteiger partial charge in [0, 0.05) is 44.5 Å². The highest BCUT2D eigenvalue weighted by Gasteiger charge is 2.21. The molecule has 0 unspecified atom stereocenters. The summed E-state index contributed by atoms with van der Waals surface area (Å²) in [5.41, 5.74) is 1.15. The molecular formula is C14H24N4OS. The lowest BCUT2D eigenvalue weighted by molar-refractivity contribution is -0.133. The molecule has 0 aromatic carbocycles. The standard InChI is InChI=1S/C14H24N4OS/c1-12-16-13(11-20-12)10-17-6-8-18(9-7-17)14(19)4-3-5-15-2/h11,15H,3-10H2,1-2H3. The average molecular weight is 296 g/mol. The summed E-state index contributed by atoms with van der Waals surface area (Å²) in [5.74, 6) is 0.296. The molecule has 0 spiro atoms. The fourth-order valence-electron chi connectivity index (χ4n) is 2.44. The number of thiazole rings is 1. The number of carbonyl (C=O) groups excluding carboxylic acids is 1. The van der Waals surface area contributed by atoms with Crippen molar-refractivity contribution < 1.29 is 4.79 Å². The first kappa shape index (κ1) is 15.4. The van der Waals surface area contributed by atoms with E-state index >= 15 is 0 Å². The van der Waals surface area contributed by atoms with Gasteiger partial charge in [-0.3, -0.25) is 9.69 Å². The summed E-state index contributed by atoms with van der Waals surface area (Å²) >= 11 is 1.70. The Bertz CT molecular complexity index is 427. The lowest BCUT2D eigenvalue weighted by Gasteiger charge is -2.34. The van der Waals surface area contributed by atoms with Crippen LogP contribution in [-0.4, -0.2) is 60.5 Å².